The van der Waals surface area contributed by atoms with Crippen LogP contribution in [0, 0.1) is 13.8 Å². The predicted octanol–water partition coefficient (Wildman–Crippen LogP) is 4.35. The molecule has 0 unspecified atom stereocenters. The summed E-state index contributed by atoms with van der Waals surface area (Å²) in [5, 5.41) is 7.96. The number of aryl methyl sites for hydroxylation is 2. The average Bonchev–Trinajstić information content (AvgIpc) is 3.31. The normalized spacial score (nSPS) is 15.0. The summed E-state index contributed by atoms with van der Waals surface area (Å²) in [7, 11) is 0. The zero-order valence-corrected chi connectivity index (χ0v) is 18.2. The van der Waals surface area contributed by atoms with Crippen LogP contribution in [0.15, 0.2) is 60.7 Å². The van der Waals surface area contributed by atoms with E-state index in [1.54, 1.807) is 0 Å². The van der Waals surface area contributed by atoms with Crippen molar-refractivity contribution in [3.8, 4) is 0 Å². The van der Waals surface area contributed by atoms with E-state index in [4.69, 9.17) is 0 Å². The lowest BCUT2D eigenvalue weighted by atomic mass is 9.97. The number of rotatable bonds is 5. The highest BCUT2D eigenvalue weighted by Gasteiger charge is 2.26. The predicted molar refractivity (Wildman–Crippen MR) is 125 cm³/mol. The fourth-order valence-electron chi connectivity index (χ4n) is 4.31. The molecule has 0 bridgehead atoms. The maximum absolute atomic E-state index is 12.6. The quantitative estimate of drug-likeness (QED) is 0.609. The van der Waals surface area contributed by atoms with E-state index in [2.05, 4.69) is 45.9 Å². The average molecular weight is 416 g/mol. The number of carbonyl (C=O) groups excluding carboxylic acids is 2. The van der Waals surface area contributed by atoms with Crippen LogP contribution in [0.5, 0.6) is 0 Å². The van der Waals surface area contributed by atoms with Crippen LogP contribution in [0.25, 0.3) is 10.8 Å². The Kier molecular flexibility index (Phi) is 6.33. The Morgan fingerprint density at radius 1 is 0.903 bits per heavy atom. The molecular formula is C26H29N3O2. The van der Waals surface area contributed by atoms with E-state index in [1.807, 2.05) is 44.2 Å². The first-order valence-electron chi connectivity index (χ1n) is 10.9. The molecule has 1 fully saturated rings. The summed E-state index contributed by atoms with van der Waals surface area (Å²) in [5.74, 6) is -1.25. The van der Waals surface area contributed by atoms with Gasteiger partial charge in [0.2, 0.25) is 0 Å². The zero-order valence-electron chi connectivity index (χ0n) is 18.2. The number of hydrogen-bond acceptors (Lipinski definition) is 3. The Morgan fingerprint density at radius 3 is 2.42 bits per heavy atom. The summed E-state index contributed by atoms with van der Waals surface area (Å²) in [6.45, 7) is 6.39. The number of fused-ring (bicyclic) bond motifs is 1. The number of hydrogen-bond donors (Lipinski definition) is 2. The van der Waals surface area contributed by atoms with E-state index in [0.717, 1.165) is 37.1 Å². The van der Waals surface area contributed by atoms with Crippen LogP contribution in [-0.4, -0.2) is 36.3 Å². The Balaban J connectivity index is 1.49. The fourth-order valence-corrected chi connectivity index (χ4v) is 4.31. The Labute approximate surface area is 183 Å². The van der Waals surface area contributed by atoms with Gasteiger partial charge in [0, 0.05) is 12.2 Å². The highest BCUT2D eigenvalue weighted by Crippen LogP contribution is 2.30. The van der Waals surface area contributed by atoms with Crippen molar-refractivity contribution in [2.24, 2.45) is 0 Å². The molecule has 31 heavy (non-hydrogen) atoms. The van der Waals surface area contributed by atoms with Crippen LogP contribution < -0.4 is 10.6 Å². The Hall–Kier alpha value is -3.18. The van der Waals surface area contributed by atoms with Gasteiger partial charge in [-0.3, -0.25) is 14.5 Å². The summed E-state index contributed by atoms with van der Waals surface area (Å²) >= 11 is 0. The third-order valence-corrected chi connectivity index (χ3v) is 6.19. The van der Waals surface area contributed by atoms with E-state index in [-0.39, 0.29) is 6.04 Å². The molecule has 0 spiro atoms. The van der Waals surface area contributed by atoms with Crippen LogP contribution >= 0.6 is 0 Å². The number of benzene rings is 3. The van der Waals surface area contributed by atoms with Gasteiger partial charge in [0.1, 0.15) is 0 Å². The number of anilines is 1. The second-order valence-electron chi connectivity index (χ2n) is 8.29. The van der Waals surface area contributed by atoms with Gasteiger partial charge in [-0.05, 0) is 79.4 Å². The zero-order chi connectivity index (χ0) is 21.8. The largest absolute Gasteiger partial charge is 0.346 e. The van der Waals surface area contributed by atoms with Crippen molar-refractivity contribution in [1.29, 1.82) is 0 Å². The van der Waals surface area contributed by atoms with Crippen LogP contribution in [0.4, 0.5) is 5.69 Å². The highest BCUT2D eigenvalue weighted by atomic mass is 16.2. The van der Waals surface area contributed by atoms with Gasteiger partial charge in [0.25, 0.3) is 0 Å². The summed E-state index contributed by atoms with van der Waals surface area (Å²) < 4.78 is 0. The molecule has 1 aliphatic heterocycles. The van der Waals surface area contributed by atoms with Crippen LogP contribution in [0.3, 0.4) is 0 Å². The third-order valence-electron chi connectivity index (χ3n) is 6.19. The molecule has 3 aromatic carbocycles. The first kappa shape index (κ1) is 21.1. The maximum atomic E-state index is 12.6. The smallest absolute Gasteiger partial charge is 0.313 e. The molecule has 5 nitrogen and oxygen atoms in total. The van der Waals surface area contributed by atoms with Gasteiger partial charge in [0.05, 0.1) is 6.04 Å². The van der Waals surface area contributed by atoms with Gasteiger partial charge in [-0.1, -0.05) is 48.5 Å². The molecule has 4 rings (SSSR count). The van der Waals surface area contributed by atoms with Crippen molar-refractivity contribution in [2.75, 3.05) is 25.0 Å². The SMILES string of the molecule is Cc1ccc(NC(=O)C(=O)NC[C@H](c2cccc3ccccc23)N2CCCC2)cc1C. The van der Waals surface area contributed by atoms with Crippen LogP contribution in [0.1, 0.15) is 35.6 Å². The fraction of sp³-hybridized carbons (Fsp3) is 0.308. The van der Waals surface area contributed by atoms with Gasteiger partial charge < -0.3 is 10.6 Å². The van der Waals surface area contributed by atoms with E-state index in [1.165, 1.54) is 16.3 Å². The molecule has 0 aliphatic carbocycles. The summed E-state index contributed by atoms with van der Waals surface area (Å²) in [6, 6.07) is 20.3. The van der Waals surface area contributed by atoms with Gasteiger partial charge >= 0.3 is 11.8 Å². The van der Waals surface area contributed by atoms with Gasteiger partial charge in [-0.2, -0.15) is 0 Å². The Bertz CT molecular complexity index is 1100. The number of carbonyl (C=O) groups is 2. The first-order valence-corrected chi connectivity index (χ1v) is 10.9. The van der Waals surface area contributed by atoms with Crippen molar-refractivity contribution in [1.82, 2.24) is 10.2 Å². The van der Waals surface area contributed by atoms with Crippen molar-refractivity contribution in [2.45, 2.75) is 32.7 Å². The van der Waals surface area contributed by atoms with E-state index in [0.29, 0.717) is 12.2 Å². The van der Waals surface area contributed by atoms with Crippen LogP contribution in [-0.2, 0) is 9.59 Å². The Morgan fingerprint density at radius 2 is 1.65 bits per heavy atom. The van der Waals surface area contributed by atoms with Gasteiger partial charge in [0.15, 0.2) is 0 Å². The lowest BCUT2D eigenvalue weighted by Gasteiger charge is -2.29. The molecule has 1 aliphatic rings. The topological polar surface area (TPSA) is 61.4 Å². The monoisotopic (exact) mass is 415 g/mol. The molecule has 1 saturated heterocycles. The highest BCUT2D eigenvalue weighted by molar-refractivity contribution is 6.39. The maximum Gasteiger partial charge on any atom is 0.313 e. The lowest BCUT2D eigenvalue weighted by molar-refractivity contribution is -0.136. The summed E-state index contributed by atoms with van der Waals surface area (Å²) in [5.41, 5.74) is 4.04. The standard InChI is InChI=1S/C26H29N3O2/c1-18-12-13-21(16-19(18)2)28-26(31)25(30)27-17-24(29-14-5-6-15-29)23-11-7-9-20-8-3-4-10-22(20)23/h3-4,7-13,16,24H,5-6,14-15,17H2,1-2H3,(H,27,30)(H,28,31)/t24-/m1/s1. The summed E-state index contributed by atoms with van der Waals surface area (Å²) in [4.78, 5) is 27.4. The number of amides is 2. The van der Waals surface area contributed by atoms with E-state index >= 15 is 0 Å². The molecular weight excluding hydrogens is 386 g/mol. The number of nitrogens with zero attached hydrogens (tertiary/aromatic N) is 1. The molecule has 0 radical (unpaired) electrons. The summed E-state index contributed by atoms with van der Waals surface area (Å²) in [6.07, 6.45) is 2.31. The molecule has 3 aromatic rings. The van der Waals surface area contributed by atoms with Gasteiger partial charge in [-0.25, -0.2) is 0 Å². The molecule has 2 amide bonds. The lowest BCUT2D eigenvalue weighted by Crippen LogP contribution is -2.41. The minimum Gasteiger partial charge on any atom is -0.346 e. The van der Waals surface area contributed by atoms with E-state index < -0.39 is 11.8 Å². The molecule has 2 N–H and O–H groups in total. The van der Waals surface area contributed by atoms with Crippen molar-refractivity contribution in [3.05, 3.63) is 77.4 Å². The molecule has 160 valence electrons. The minimum absolute atomic E-state index is 0.0342. The molecule has 1 atom stereocenters. The van der Waals surface area contributed by atoms with E-state index in [9.17, 15) is 9.59 Å². The third kappa shape index (κ3) is 4.78. The molecule has 1 heterocycles. The number of nitrogens with one attached hydrogen (secondary N) is 2. The van der Waals surface area contributed by atoms with Crippen molar-refractivity contribution < 1.29 is 9.59 Å². The number of likely N-dealkylation sites (tertiary alicyclic amines) is 1. The second-order valence-corrected chi connectivity index (χ2v) is 8.29. The van der Waals surface area contributed by atoms with Crippen molar-refractivity contribution >= 4 is 28.3 Å². The molecule has 0 saturated carbocycles. The van der Waals surface area contributed by atoms with Gasteiger partial charge in [-0.15, -0.1) is 0 Å². The van der Waals surface area contributed by atoms with Crippen molar-refractivity contribution in [3.63, 3.8) is 0 Å². The first-order chi connectivity index (χ1) is 15.0. The molecule has 0 aromatic heterocycles. The van der Waals surface area contributed by atoms with Crippen LogP contribution in [0.2, 0.25) is 0 Å². The second kappa shape index (κ2) is 9.31. The molecule has 5 heteroatoms. The minimum atomic E-state index is -0.638.